The molecule has 0 aliphatic carbocycles. The smallest absolute Gasteiger partial charge is 0.0443 e. The van der Waals surface area contributed by atoms with Crippen LogP contribution in [0, 0.1) is 8.96 Å². The summed E-state index contributed by atoms with van der Waals surface area (Å²) in [6.45, 7) is 0. The lowest BCUT2D eigenvalue weighted by molar-refractivity contribution is 1.46. The van der Waals surface area contributed by atoms with Crippen LogP contribution in [-0.4, -0.2) is 0 Å². The Morgan fingerprint density at radius 3 is 2.22 bits per heavy atom. The summed E-state index contributed by atoms with van der Waals surface area (Å²) in [6.07, 6.45) is 0. The highest BCUT2D eigenvalue weighted by Gasteiger charge is 1.99. The van der Waals surface area contributed by atoms with Crippen molar-refractivity contribution in [3.8, 4) is 0 Å². The van der Waals surface area contributed by atoms with E-state index in [-0.39, 0.29) is 0 Å². The van der Waals surface area contributed by atoms with Gasteiger partial charge in [-0.1, -0.05) is 0 Å². The fourth-order valence-corrected chi connectivity index (χ4v) is 0.867. The van der Waals surface area contributed by atoms with E-state index in [4.69, 9.17) is 5.39 Å². The molecule has 0 aliphatic rings. The standard InChI is InChI=1S/C6H4IN2/c7-5-1-3-6(9-8)4-2-5/h1-4H/q+1. The molecule has 9 heavy (non-hydrogen) atoms. The first-order chi connectivity index (χ1) is 4.33. The molecule has 0 N–H and O–H groups in total. The van der Waals surface area contributed by atoms with Crippen LogP contribution in [0.5, 0.6) is 0 Å². The highest BCUT2D eigenvalue weighted by Crippen LogP contribution is 2.13. The van der Waals surface area contributed by atoms with Crippen molar-refractivity contribution in [2.45, 2.75) is 0 Å². The number of hydrogen-bond acceptors (Lipinski definition) is 1. The van der Waals surface area contributed by atoms with E-state index >= 15 is 0 Å². The molecule has 2 nitrogen and oxygen atoms in total. The van der Waals surface area contributed by atoms with Crippen molar-refractivity contribution in [3.05, 3.63) is 32.8 Å². The molecule has 0 saturated carbocycles. The minimum atomic E-state index is 0.593. The molecule has 0 saturated heterocycles. The van der Waals surface area contributed by atoms with Crippen LogP contribution in [-0.2, 0) is 0 Å². The first-order valence-electron chi connectivity index (χ1n) is 2.43. The van der Waals surface area contributed by atoms with Gasteiger partial charge in [-0.3, -0.25) is 0 Å². The van der Waals surface area contributed by atoms with Gasteiger partial charge in [0.1, 0.15) is 0 Å². The molecule has 0 spiro atoms. The van der Waals surface area contributed by atoms with E-state index in [2.05, 4.69) is 27.6 Å². The monoisotopic (exact) mass is 231 g/mol. The van der Waals surface area contributed by atoms with Crippen molar-refractivity contribution < 1.29 is 0 Å². The minimum Gasteiger partial charge on any atom is -0.0443 e. The number of rotatable bonds is 0. The number of benzene rings is 1. The molecule has 3 heteroatoms. The molecular weight excluding hydrogens is 227 g/mol. The lowest BCUT2D eigenvalue weighted by atomic mass is 10.3. The maximum atomic E-state index is 8.25. The van der Waals surface area contributed by atoms with Crippen molar-refractivity contribution >= 4 is 28.3 Å². The van der Waals surface area contributed by atoms with Gasteiger partial charge in [0.05, 0.1) is 0 Å². The molecule has 0 aliphatic heterocycles. The van der Waals surface area contributed by atoms with Crippen LogP contribution in [0.3, 0.4) is 0 Å². The number of halogens is 1. The molecular formula is C6H4IN2+. The fraction of sp³-hybridized carbons (Fsp3) is 0. The highest BCUT2D eigenvalue weighted by molar-refractivity contribution is 14.1. The Morgan fingerprint density at radius 1 is 1.22 bits per heavy atom. The third kappa shape index (κ3) is 1.64. The van der Waals surface area contributed by atoms with Crippen LogP contribution in [0.1, 0.15) is 0 Å². The second-order valence-corrected chi connectivity index (χ2v) is 2.82. The molecule has 0 amide bonds. The zero-order valence-corrected chi connectivity index (χ0v) is 6.74. The van der Waals surface area contributed by atoms with E-state index in [0.717, 1.165) is 3.57 Å². The van der Waals surface area contributed by atoms with Gasteiger partial charge in [-0.15, -0.1) is 0 Å². The van der Waals surface area contributed by atoms with Gasteiger partial charge in [-0.05, 0) is 34.7 Å². The summed E-state index contributed by atoms with van der Waals surface area (Å²) in [7, 11) is 0. The van der Waals surface area contributed by atoms with E-state index in [1.165, 1.54) is 0 Å². The molecule has 0 atom stereocenters. The van der Waals surface area contributed by atoms with Crippen molar-refractivity contribution in [2.24, 2.45) is 0 Å². The Hall–Kier alpha value is -0.630. The predicted octanol–water partition coefficient (Wildman–Crippen LogP) is 2.78. The molecule has 44 valence electrons. The van der Waals surface area contributed by atoms with Crippen molar-refractivity contribution in [3.63, 3.8) is 0 Å². The van der Waals surface area contributed by atoms with E-state index in [1.54, 1.807) is 12.1 Å². The highest BCUT2D eigenvalue weighted by atomic mass is 127. The van der Waals surface area contributed by atoms with E-state index < -0.39 is 0 Å². The average Bonchev–Trinajstić information content (AvgIpc) is 1.90. The van der Waals surface area contributed by atoms with Crippen LogP contribution < -0.4 is 0 Å². The van der Waals surface area contributed by atoms with Gasteiger partial charge < -0.3 is 0 Å². The summed E-state index contributed by atoms with van der Waals surface area (Å²) in [5.41, 5.74) is 0.593. The molecule has 1 rings (SSSR count). The largest absolute Gasteiger partial charge is 0.385 e. The van der Waals surface area contributed by atoms with Crippen molar-refractivity contribution in [1.29, 1.82) is 5.39 Å². The summed E-state index contributed by atoms with van der Waals surface area (Å²) in [6, 6.07) is 7.27. The third-order valence-electron chi connectivity index (χ3n) is 0.942. The van der Waals surface area contributed by atoms with Gasteiger partial charge in [0.15, 0.2) is 4.98 Å². The van der Waals surface area contributed by atoms with Gasteiger partial charge in [0, 0.05) is 15.7 Å². The summed E-state index contributed by atoms with van der Waals surface area (Å²) in [5.74, 6) is 0. The quantitative estimate of drug-likeness (QED) is 0.498. The average molecular weight is 231 g/mol. The second kappa shape index (κ2) is 2.78. The number of hydrogen-bond donors (Lipinski definition) is 0. The van der Waals surface area contributed by atoms with E-state index in [0.29, 0.717) is 5.69 Å². The molecule has 0 heterocycles. The van der Waals surface area contributed by atoms with E-state index in [1.807, 2.05) is 12.1 Å². The van der Waals surface area contributed by atoms with Crippen LogP contribution in [0.25, 0.3) is 4.98 Å². The fourth-order valence-electron chi connectivity index (χ4n) is 0.508. The number of diazo groups is 1. The lowest BCUT2D eigenvalue weighted by Crippen LogP contribution is -1.64. The van der Waals surface area contributed by atoms with Crippen molar-refractivity contribution in [1.82, 2.24) is 0 Å². The third-order valence-corrected chi connectivity index (χ3v) is 1.66. The van der Waals surface area contributed by atoms with Crippen LogP contribution in [0.2, 0.25) is 0 Å². The molecule has 0 bridgehead atoms. The topological polar surface area (TPSA) is 28.1 Å². The Balaban J connectivity index is 3.06. The molecule has 1 aromatic rings. The summed E-state index contributed by atoms with van der Waals surface area (Å²) in [5, 5.41) is 8.25. The maximum Gasteiger partial charge on any atom is 0.385 e. The Kier molecular flexibility index (Phi) is 2.01. The summed E-state index contributed by atoms with van der Waals surface area (Å²) < 4.78 is 1.14. The maximum absolute atomic E-state index is 8.25. The summed E-state index contributed by atoms with van der Waals surface area (Å²) >= 11 is 2.19. The minimum absolute atomic E-state index is 0.593. The molecule has 0 unspecified atom stereocenters. The van der Waals surface area contributed by atoms with Gasteiger partial charge in [-0.2, -0.15) is 0 Å². The number of nitrogens with zero attached hydrogens (tertiary/aromatic N) is 2. The SMILES string of the molecule is N#[N+]c1ccc(I)cc1. The van der Waals surface area contributed by atoms with Gasteiger partial charge in [0.2, 0.25) is 5.39 Å². The predicted molar refractivity (Wildman–Crippen MR) is 43.9 cm³/mol. The first kappa shape index (κ1) is 6.49. The zero-order chi connectivity index (χ0) is 6.69. The lowest BCUT2D eigenvalue weighted by Gasteiger charge is -1.79. The van der Waals surface area contributed by atoms with Gasteiger partial charge in [-0.25, -0.2) is 0 Å². The van der Waals surface area contributed by atoms with Crippen LogP contribution in [0.15, 0.2) is 24.3 Å². The Labute approximate surface area is 66.7 Å². The first-order valence-corrected chi connectivity index (χ1v) is 3.51. The molecule has 0 aromatic heterocycles. The molecule has 0 radical (unpaired) electrons. The normalized spacial score (nSPS) is 8.44. The van der Waals surface area contributed by atoms with Gasteiger partial charge in [0.25, 0.3) is 0 Å². The van der Waals surface area contributed by atoms with Crippen LogP contribution >= 0.6 is 22.6 Å². The van der Waals surface area contributed by atoms with E-state index in [9.17, 15) is 0 Å². The Morgan fingerprint density at radius 2 is 1.78 bits per heavy atom. The summed E-state index contributed by atoms with van der Waals surface area (Å²) in [4.78, 5) is 3.01. The molecule has 0 fully saturated rings. The van der Waals surface area contributed by atoms with Crippen molar-refractivity contribution in [2.75, 3.05) is 0 Å². The zero-order valence-electron chi connectivity index (χ0n) is 4.58. The second-order valence-electron chi connectivity index (χ2n) is 1.58. The van der Waals surface area contributed by atoms with Gasteiger partial charge >= 0.3 is 5.69 Å². The molecule has 1 aromatic carbocycles. The Bertz CT molecular complexity index is 234. The van der Waals surface area contributed by atoms with Crippen LogP contribution in [0.4, 0.5) is 5.69 Å².